The molecule has 1 saturated carbocycles. The van der Waals surface area contributed by atoms with Crippen LogP contribution in [0.4, 0.5) is 13.2 Å². The Hall–Kier alpha value is -1.19. The topological polar surface area (TPSA) is 9.23 Å². The summed E-state index contributed by atoms with van der Waals surface area (Å²) >= 11 is 0. The first-order chi connectivity index (χ1) is 11.9. The lowest BCUT2D eigenvalue weighted by molar-refractivity contribution is -0.274. The van der Waals surface area contributed by atoms with E-state index in [0.717, 1.165) is 23.8 Å². The molecule has 0 heterocycles. The number of alkyl halides is 3. The van der Waals surface area contributed by atoms with Crippen molar-refractivity contribution < 1.29 is 17.9 Å². The molecule has 1 aliphatic rings. The molecule has 0 saturated heterocycles. The largest absolute Gasteiger partial charge is 0.573 e. The smallest absolute Gasteiger partial charge is 0.406 e. The van der Waals surface area contributed by atoms with Gasteiger partial charge in [0, 0.05) is 0 Å². The summed E-state index contributed by atoms with van der Waals surface area (Å²) in [5.41, 5.74) is 1.09. The van der Waals surface area contributed by atoms with Gasteiger partial charge in [-0.3, -0.25) is 0 Å². The van der Waals surface area contributed by atoms with E-state index in [1.807, 2.05) is 0 Å². The summed E-state index contributed by atoms with van der Waals surface area (Å²) in [6.45, 7) is 4.53. The Kier molecular flexibility index (Phi) is 7.64. The molecule has 1 aromatic carbocycles. The van der Waals surface area contributed by atoms with Crippen LogP contribution in [-0.4, -0.2) is 6.36 Å². The van der Waals surface area contributed by atoms with Gasteiger partial charge in [-0.1, -0.05) is 64.5 Å². The first-order valence-electron chi connectivity index (χ1n) is 9.72. The molecule has 0 N–H and O–H groups in total. The SMILES string of the molecule is CCCCCC1CCC(C(C)Cc2ccc(OC(F)(F)F)cc2)CC1. The fourth-order valence-electron chi connectivity index (χ4n) is 4.09. The summed E-state index contributed by atoms with van der Waals surface area (Å²) in [5.74, 6) is 2.09. The van der Waals surface area contributed by atoms with E-state index in [9.17, 15) is 13.2 Å². The zero-order valence-electron chi connectivity index (χ0n) is 15.4. The van der Waals surface area contributed by atoms with Crippen LogP contribution in [0.5, 0.6) is 5.75 Å². The van der Waals surface area contributed by atoms with Crippen molar-refractivity contribution >= 4 is 0 Å². The number of halogens is 3. The Bertz CT molecular complexity index is 487. The van der Waals surface area contributed by atoms with Crippen molar-refractivity contribution in [3.8, 4) is 5.75 Å². The zero-order valence-corrected chi connectivity index (χ0v) is 15.4. The quantitative estimate of drug-likeness (QED) is 0.449. The van der Waals surface area contributed by atoms with Crippen LogP contribution in [0.3, 0.4) is 0 Å². The van der Waals surface area contributed by atoms with E-state index in [1.165, 1.54) is 63.5 Å². The molecule has 0 bridgehead atoms. The van der Waals surface area contributed by atoms with Crippen LogP contribution in [0.1, 0.15) is 70.8 Å². The minimum Gasteiger partial charge on any atom is -0.406 e. The lowest BCUT2D eigenvalue weighted by atomic mass is 9.73. The number of hydrogen-bond acceptors (Lipinski definition) is 1. The summed E-state index contributed by atoms with van der Waals surface area (Å²) in [5, 5.41) is 0. The van der Waals surface area contributed by atoms with Gasteiger partial charge in [0.25, 0.3) is 0 Å². The molecule has 0 radical (unpaired) electrons. The molecule has 1 aromatic rings. The van der Waals surface area contributed by atoms with Crippen molar-refractivity contribution in [3.63, 3.8) is 0 Å². The predicted molar refractivity (Wildman–Crippen MR) is 95.6 cm³/mol. The van der Waals surface area contributed by atoms with Crippen molar-refractivity contribution in [2.75, 3.05) is 0 Å². The van der Waals surface area contributed by atoms with E-state index >= 15 is 0 Å². The fraction of sp³-hybridized carbons (Fsp3) is 0.714. The molecule has 1 unspecified atom stereocenters. The molecular weight excluding hydrogens is 325 g/mol. The highest BCUT2D eigenvalue weighted by atomic mass is 19.4. The van der Waals surface area contributed by atoms with Crippen LogP contribution < -0.4 is 4.74 Å². The molecule has 0 aromatic heterocycles. The molecule has 142 valence electrons. The minimum atomic E-state index is -4.62. The normalized spacial score (nSPS) is 22.6. The van der Waals surface area contributed by atoms with Crippen LogP contribution in [0.25, 0.3) is 0 Å². The van der Waals surface area contributed by atoms with Gasteiger partial charge in [-0.05, 0) is 54.7 Å². The number of benzene rings is 1. The van der Waals surface area contributed by atoms with Gasteiger partial charge in [-0.15, -0.1) is 13.2 Å². The minimum absolute atomic E-state index is 0.142. The third-order valence-corrected chi connectivity index (χ3v) is 5.63. The molecular formula is C21H31F3O. The third-order valence-electron chi connectivity index (χ3n) is 5.63. The second-order valence-electron chi connectivity index (χ2n) is 7.65. The lowest BCUT2D eigenvalue weighted by Gasteiger charge is -2.32. The second-order valence-corrected chi connectivity index (χ2v) is 7.65. The average Bonchev–Trinajstić information content (AvgIpc) is 2.56. The van der Waals surface area contributed by atoms with E-state index in [-0.39, 0.29) is 5.75 Å². The van der Waals surface area contributed by atoms with Crippen molar-refractivity contribution in [2.45, 2.75) is 78.0 Å². The summed E-state index contributed by atoms with van der Waals surface area (Å²) in [4.78, 5) is 0. The molecule has 0 amide bonds. The van der Waals surface area contributed by atoms with Gasteiger partial charge < -0.3 is 4.74 Å². The molecule has 1 nitrogen and oxygen atoms in total. The van der Waals surface area contributed by atoms with Crippen LogP contribution >= 0.6 is 0 Å². The summed E-state index contributed by atoms with van der Waals surface area (Å²) in [7, 11) is 0. The van der Waals surface area contributed by atoms with Gasteiger partial charge in [0.2, 0.25) is 0 Å². The maximum absolute atomic E-state index is 12.2. The highest BCUT2D eigenvalue weighted by Gasteiger charge is 2.31. The number of rotatable bonds is 8. The van der Waals surface area contributed by atoms with E-state index in [1.54, 1.807) is 12.1 Å². The standard InChI is InChI=1S/C21H31F3O/c1-3-4-5-6-17-7-11-19(12-8-17)16(2)15-18-9-13-20(14-10-18)25-21(22,23)24/h9-10,13-14,16-17,19H,3-8,11-12,15H2,1-2H3. The van der Waals surface area contributed by atoms with Crippen LogP contribution in [0.2, 0.25) is 0 Å². The Morgan fingerprint density at radius 2 is 1.68 bits per heavy atom. The average molecular weight is 356 g/mol. The summed E-state index contributed by atoms with van der Waals surface area (Å²) in [6, 6.07) is 6.35. The molecule has 1 aliphatic carbocycles. The monoisotopic (exact) mass is 356 g/mol. The highest BCUT2D eigenvalue weighted by Crippen LogP contribution is 2.37. The maximum atomic E-state index is 12.2. The number of hydrogen-bond donors (Lipinski definition) is 0. The van der Waals surface area contributed by atoms with Crippen LogP contribution in [0.15, 0.2) is 24.3 Å². The Labute approximate surface area is 150 Å². The van der Waals surface area contributed by atoms with Gasteiger partial charge in [0.05, 0.1) is 0 Å². The molecule has 1 fully saturated rings. The molecule has 1 atom stereocenters. The van der Waals surface area contributed by atoms with Gasteiger partial charge >= 0.3 is 6.36 Å². The van der Waals surface area contributed by atoms with Gasteiger partial charge in [-0.25, -0.2) is 0 Å². The van der Waals surface area contributed by atoms with Gasteiger partial charge in [0.15, 0.2) is 0 Å². The Balaban J connectivity index is 1.76. The van der Waals surface area contributed by atoms with E-state index in [0.29, 0.717) is 5.92 Å². The summed E-state index contributed by atoms with van der Waals surface area (Å²) < 4.78 is 40.5. The number of unbranched alkanes of at least 4 members (excludes halogenated alkanes) is 2. The van der Waals surface area contributed by atoms with E-state index in [4.69, 9.17) is 0 Å². The van der Waals surface area contributed by atoms with Crippen molar-refractivity contribution in [2.24, 2.45) is 17.8 Å². The second kappa shape index (κ2) is 9.49. The zero-order chi connectivity index (χ0) is 18.3. The predicted octanol–water partition coefficient (Wildman–Crippen LogP) is 7.15. The Morgan fingerprint density at radius 1 is 1.04 bits per heavy atom. The molecule has 0 aliphatic heterocycles. The molecule has 0 spiro atoms. The molecule has 2 rings (SSSR count). The van der Waals surface area contributed by atoms with Gasteiger partial charge in [0.1, 0.15) is 5.75 Å². The van der Waals surface area contributed by atoms with E-state index < -0.39 is 6.36 Å². The van der Waals surface area contributed by atoms with Crippen LogP contribution in [0, 0.1) is 17.8 Å². The van der Waals surface area contributed by atoms with Crippen LogP contribution in [-0.2, 0) is 6.42 Å². The summed E-state index contributed by atoms with van der Waals surface area (Å²) in [6.07, 6.45) is 6.99. The van der Waals surface area contributed by atoms with E-state index in [2.05, 4.69) is 18.6 Å². The first kappa shape index (κ1) is 20.1. The fourth-order valence-corrected chi connectivity index (χ4v) is 4.09. The lowest BCUT2D eigenvalue weighted by Crippen LogP contribution is -2.21. The Morgan fingerprint density at radius 3 is 2.24 bits per heavy atom. The number of ether oxygens (including phenoxy) is 1. The molecule has 4 heteroatoms. The van der Waals surface area contributed by atoms with Crippen molar-refractivity contribution in [1.82, 2.24) is 0 Å². The van der Waals surface area contributed by atoms with Crippen molar-refractivity contribution in [1.29, 1.82) is 0 Å². The first-order valence-corrected chi connectivity index (χ1v) is 9.72. The third kappa shape index (κ3) is 7.29. The van der Waals surface area contributed by atoms with Gasteiger partial charge in [-0.2, -0.15) is 0 Å². The van der Waals surface area contributed by atoms with Crippen molar-refractivity contribution in [3.05, 3.63) is 29.8 Å². The highest BCUT2D eigenvalue weighted by molar-refractivity contribution is 5.27. The maximum Gasteiger partial charge on any atom is 0.573 e. The molecule has 25 heavy (non-hydrogen) atoms.